The van der Waals surface area contributed by atoms with Gasteiger partial charge < -0.3 is 23.7 Å². The molecule has 0 N–H and O–H groups in total. The first-order valence-corrected chi connectivity index (χ1v) is 8.96. The Bertz CT molecular complexity index is 961. The average Bonchev–Trinajstić information content (AvgIpc) is 3.09. The zero-order valence-electron chi connectivity index (χ0n) is 15.7. The standard InChI is InChI=1S/C20H18BrNO6/c1-24-13-5-12(6-14(9-13)25-2)19-22-16(20(23)28-19)7-11-8-17(26-3)18(27-4)10-15(11)21/h5-10H,1-4H3/b16-7-. The molecule has 0 saturated heterocycles. The minimum Gasteiger partial charge on any atom is -0.497 e. The minimum absolute atomic E-state index is 0.157. The second-order valence-corrected chi connectivity index (χ2v) is 6.52. The van der Waals surface area contributed by atoms with Crippen molar-refractivity contribution in [2.75, 3.05) is 28.4 Å². The van der Waals surface area contributed by atoms with Crippen LogP contribution in [0.4, 0.5) is 0 Å². The number of aliphatic imine (C=N–C) groups is 1. The number of cyclic esters (lactones) is 1. The Morgan fingerprint density at radius 2 is 1.50 bits per heavy atom. The Morgan fingerprint density at radius 3 is 2.07 bits per heavy atom. The van der Waals surface area contributed by atoms with E-state index in [1.807, 2.05) is 0 Å². The highest BCUT2D eigenvalue weighted by Crippen LogP contribution is 2.35. The number of hydrogen-bond acceptors (Lipinski definition) is 7. The van der Waals surface area contributed by atoms with Gasteiger partial charge >= 0.3 is 5.97 Å². The van der Waals surface area contributed by atoms with Gasteiger partial charge in [-0.1, -0.05) is 15.9 Å². The van der Waals surface area contributed by atoms with Crippen LogP contribution in [0.25, 0.3) is 6.08 Å². The molecule has 3 rings (SSSR count). The summed E-state index contributed by atoms with van der Waals surface area (Å²) in [6.07, 6.45) is 1.61. The lowest BCUT2D eigenvalue weighted by molar-refractivity contribution is -0.129. The van der Waals surface area contributed by atoms with Gasteiger partial charge in [-0.25, -0.2) is 9.79 Å². The zero-order valence-corrected chi connectivity index (χ0v) is 17.3. The van der Waals surface area contributed by atoms with Crippen LogP contribution in [0.15, 0.2) is 45.5 Å². The van der Waals surface area contributed by atoms with Gasteiger partial charge in [-0.15, -0.1) is 0 Å². The fraction of sp³-hybridized carbons (Fsp3) is 0.200. The van der Waals surface area contributed by atoms with E-state index < -0.39 is 5.97 Å². The third kappa shape index (κ3) is 3.96. The van der Waals surface area contributed by atoms with E-state index in [-0.39, 0.29) is 11.6 Å². The van der Waals surface area contributed by atoms with Crippen molar-refractivity contribution < 1.29 is 28.5 Å². The molecule has 0 radical (unpaired) electrons. The summed E-state index contributed by atoms with van der Waals surface area (Å²) in [4.78, 5) is 16.6. The van der Waals surface area contributed by atoms with Gasteiger partial charge in [-0.2, -0.15) is 0 Å². The van der Waals surface area contributed by atoms with E-state index in [1.54, 1.807) is 64.8 Å². The Hall–Kier alpha value is -3.00. The third-order valence-corrected chi connectivity index (χ3v) is 4.70. The molecule has 0 atom stereocenters. The van der Waals surface area contributed by atoms with Gasteiger partial charge in [-0.3, -0.25) is 0 Å². The highest BCUT2D eigenvalue weighted by molar-refractivity contribution is 9.10. The van der Waals surface area contributed by atoms with Crippen molar-refractivity contribution in [3.63, 3.8) is 0 Å². The molecule has 0 fully saturated rings. The molecular weight excluding hydrogens is 430 g/mol. The van der Waals surface area contributed by atoms with Gasteiger partial charge in [0, 0.05) is 16.1 Å². The lowest BCUT2D eigenvalue weighted by Gasteiger charge is -2.09. The fourth-order valence-electron chi connectivity index (χ4n) is 2.59. The molecule has 0 unspecified atom stereocenters. The highest BCUT2D eigenvalue weighted by atomic mass is 79.9. The van der Waals surface area contributed by atoms with Crippen molar-refractivity contribution in [1.29, 1.82) is 0 Å². The number of hydrogen-bond donors (Lipinski definition) is 0. The van der Waals surface area contributed by atoms with Crippen molar-refractivity contribution in [2.45, 2.75) is 0 Å². The second-order valence-electron chi connectivity index (χ2n) is 5.67. The maximum Gasteiger partial charge on any atom is 0.363 e. The maximum atomic E-state index is 12.3. The van der Waals surface area contributed by atoms with Gasteiger partial charge in [-0.05, 0) is 35.9 Å². The topological polar surface area (TPSA) is 75.6 Å². The fourth-order valence-corrected chi connectivity index (χ4v) is 3.03. The molecule has 8 heteroatoms. The molecule has 0 amide bonds. The van der Waals surface area contributed by atoms with Crippen LogP contribution in [0.2, 0.25) is 0 Å². The summed E-state index contributed by atoms with van der Waals surface area (Å²) in [5, 5.41) is 0. The van der Waals surface area contributed by atoms with Crippen LogP contribution in [-0.4, -0.2) is 40.3 Å². The van der Waals surface area contributed by atoms with Crippen LogP contribution in [0.5, 0.6) is 23.0 Å². The average molecular weight is 448 g/mol. The Kier molecular flexibility index (Phi) is 5.89. The summed E-state index contributed by atoms with van der Waals surface area (Å²) in [5.41, 5.74) is 1.42. The molecular formula is C20H18BrNO6. The second kappa shape index (κ2) is 8.35. The van der Waals surface area contributed by atoms with Crippen molar-refractivity contribution in [3.05, 3.63) is 51.6 Å². The van der Waals surface area contributed by atoms with Crippen LogP contribution in [-0.2, 0) is 9.53 Å². The van der Waals surface area contributed by atoms with Gasteiger partial charge in [0.25, 0.3) is 0 Å². The zero-order chi connectivity index (χ0) is 20.3. The predicted octanol–water partition coefficient (Wildman–Crippen LogP) is 3.83. The molecule has 0 saturated carbocycles. The first-order chi connectivity index (χ1) is 13.5. The number of benzene rings is 2. The van der Waals surface area contributed by atoms with Crippen LogP contribution in [0.3, 0.4) is 0 Å². The minimum atomic E-state index is -0.557. The summed E-state index contributed by atoms with van der Waals surface area (Å²) in [6, 6.07) is 8.64. The van der Waals surface area contributed by atoms with E-state index in [2.05, 4.69) is 20.9 Å². The van der Waals surface area contributed by atoms with Gasteiger partial charge in [0.05, 0.1) is 28.4 Å². The Balaban J connectivity index is 2.01. The molecule has 28 heavy (non-hydrogen) atoms. The number of rotatable bonds is 6. The maximum absolute atomic E-state index is 12.3. The summed E-state index contributed by atoms with van der Waals surface area (Å²) in [7, 11) is 6.18. The lowest BCUT2D eigenvalue weighted by Crippen LogP contribution is -2.06. The molecule has 2 aromatic carbocycles. The molecule has 0 aliphatic carbocycles. The molecule has 1 aliphatic heterocycles. The quantitative estimate of drug-likeness (QED) is 0.494. The Labute approximate surface area is 170 Å². The van der Waals surface area contributed by atoms with Crippen LogP contribution >= 0.6 is 15.9 Å². The summed E-state index contributed by atoms with van der Waals surface area (Å²) < 4.78 is 27.1. The number of nitrogens with zero attached hydrogens (tertiary/aromatic N) is 1. The monoisotopic (exact) mass is 447 g/mol. The number of carbonyl (C=O) groups excluding carboxylic acids is 1. The van der Waals surface area contributed by atoms with E-state index in [0.29, 0.717) is 34.1 Å². The largest absolute Gasteiger partial charge is 0.497 e. The van der Waals surface area contributed by atoms with Crippen molar-refractivity contribution in [2.24, 2.45) is 4.99 Å². The summed E-state index contributed by atoms with van der Waals surface area (Å²) in [5.74, 6) is 1.84. The van der Waals surface area contributed by atoms with Crippen LogP contribution < -0.4 is 18.9 Å². The molecule has 7 nitrogen and oxygen atoms in total. The number of carbonyl (C=O) groups is 1. The first-order valence-electron chi connectivity index (χ1n) is 8.16. The number of esters is 1. The number of ether oxygens (including phenoxy) is 5. The predicted molar refractivity (Wildman–Crippen MR) is 107 cm³/mol. The van der Waals surface area contributed by atoms with E-state index in [0.717, 1.165) is 4.47 Å². The van der Waals surface area contributed by atoms with Gasteiger partial charge in [0.1, 0.15) is 11.5 Å². The number of halogens is 1. The van der Waals surface area contributed by atoms with Gasteiger partial charge in [0.2, 0.25) is 5.90 Å². The molecule has 1 heterocycles. The highest BCUT2D eigenvalue weighted by Gasteiger charge is 2.25. The normalized spacial score (nSPS) is 14.5. The van der Waals surface area contributed by atoms with Crippen LogP contribution in [0, 0.1) is 0 Å². The SMILES string of the molecule is COc1cc(OC)cc(C2=N/C(=C\c3cc(OC)c(OC)cc3Br)C(=O)O2)c1. The first kappa shape index (κ1) is 19.8. The number of methoxy groups -OCH3 is 4. The van der Waals surface area contributed by atoms with Crippen molar-refractivity contribution in [3.8, 4) is 23.0 Å². The molecule has 2 aromatic rings. The lowest BCUT2D eigenvalue weighted by atomic mass is 10.1. The van der Waals surface area contributed by atoms with E-state index in [9.17, 15) is 4.79 Å². The summed E-state index contributed by atoms with van der Waals surface area (Å²) in [6.45, 7) is 0. The molecule has 0 bridgehead atoms. The van der Waals surface area contributed by atoms with Crippen molar-refractivity contribution >= 4 is 33.9 Å². The molecule has 0 spiro atoms. The van der Waals surface area contributed by atoms with E-state index in [1.165, 1.54) is 0 Å². The van der Waals surface area contributed by atoms with E-state index in [4.69, 9.17) is 23.7 Å². The van der Waals surface area contributed by atoms with Gasteiger partial charge in [0.15, 0.2) is 17.2 Å². The summed E-state index contributed by atoms with van der Waals surface area (Å²) >= 11 is 3.46. The third-order valence-electron chi connectivity index (χ3n) is 4.01. The van der Waals surface area contributed by atoms with Crippen molar-refractivity contribution in [1.82, 2.24) is 0 Å². The van der Waals surface area contributed by atoms with Crippen LogP contribution in [0.1, 0.15) is 11.1 Å². The molecule has 0 aromatic heterocycles. The van der Waals surface area contributed by atoms with E-state index >= 15 is 0 Å². The molecule has 146 valence electrons. The Morgan fingerprint density at radius 1 is 0.893 bits per heavy atom. The molecule has 1 aliphatic rings. The smallest absolute Gasteiger partial charge is 0.363 e.